The van der Waals surface area contributed by atoms with Crippen molar-refractivity contribution in [3.8, 4) is 22.8 Å². The molecule has 3 N–H and O–H groups in total. The van der Waals surface area contributed by atoms with E-state index in [1.165, 1.54) is 12.1 Å². The molecule has 1 aromatic heterocycles. The number of hydrogen-bond acceptors (Lipinski definition) is 5. The third-order valence-electron chi connectivity index (χ3n) is 3.87. The monoisotopic (exact) mass is 384 g/mol. The maximum absolute atomic E-state index is 12.3. The van der Waals surface area contributed by atoms with E-state index in [2.05, 4.69) is 21.0 Å². The minimum absolute atomic E-state index is 0.0421. The Kier molecular flexibility index (Phi) is 4.39. The highest BCUT2D eigenvalue weighted by Gasteiger charge is 2.21. The van der Waals surface area contributed by atoms with Crippen LogP contribution < -0.4 is 20.3 Å². The number of hydrazine groups is 1. The van der Waals surface area contributed by atoms with Crippen LogP contribution in [0.15, 0.2) is 48.5 Å². The molecular formula is C18H13ClN4O4. The summed E-state index contributed by atoms with van der Waals surface area (Å²) in [6.45, 7) is 0.0421. The van der Waals surface area contributed by atoms with Gasteiger partial charge in [0.25, 0.3) is 11.8 Å². The molecule has 2 aromatic carbocycles. The number of benzene rings is 2. The van der Waals surface area contributed by atoms with Crippen LogP contribution in [0, 0.1) is 0 Å². The molecule has 0 saturated carbocycles. The van der Waals surface area contributed by atoms with Gasteiger partial charge >= 0.3 is 0 Å². The summed E-state index contributed by atoms with van der Waals surface area (Å²) in [5.41, 5.74) is 6.56. The lowest BCUT2D eigenvalue weighted by Crippen LogP contribution is -2.41. The number of aromatic nitrogens is 2. The zero-order valence-electron chi connectivity index (χ0n) is 13.8. The topological polar surface area (TPSA) is 105 Å². The molecule has 0 fully saturated rings. The van der Waals surface area contributed by atoms with E-state index in [0.29, 0.717) is 17.2 Å². The molecule has 27 heavy (non-hydrogen) atoms. The maximum atomic E-state index is 12.3. The average Bonchev–Trinajstić information content (AvgIpc) is 3.36. The van der Waals surface area contributed by atoms with Gasteiger partial charge in [0.05, 0.1) is 10.7 Å². The molecule has 1 aliphatic rings. The van der Waals surface area contributed by atoms with Gasteiger partial charge < -0.3 is 9.47 Å². The summed E-state index contributed by atoms with van der Waals surface area (Å²) in [7, 11) is 0. The van der Waals surface area contributed by atoms with Crippen molar-refractivity contribution < 1.29 is 19.1 Å². The zero-order valence-corrected chi connectivity index (χ0v) is 14.5. The highest BCUT2D eigenvalue weighted by Crippen LogP contribution is 2.39. The molecule has 8 nitrogen and oxygen atoms in total. The number of halogens is 1. The number of hydrogen-bond donors (Lipinski definition) is 3. The Morgan fingerprint density at radius 3 is 2.63 bits per heavy atom. The summed E-state index contributed by atoms with van der Waals surface area (Å²) >= 11 is 6.05. The van der Waals surface area contributed by atoms with Gasteiger partial charge in [-0.15, -0.1) is 0 Å². The fourth-order valence-electron chi connectivity index (χ4n) is 2.55. The maximum Gasteiger partial charge on any atom is 0.287 e. The van der Waals surface area contributed by atoms with E-state index in [-0.39, 0.29) is 23.1 Å². The van der Waals surface area contributed by atoms with Gasteiger partial charge in [-0.1, -0.05) is 41.9 Å². The van der Waals surface area contributed by atoms with Crippen LogP contribution in [0.4, 0.5) is 0 Å². The minimum atomic E-state index is -0.550. The van der Waals surface area contributed by atoms with Crippen molar-refractivity contribution in [2.24, 2.45) is 0 Å². The number of aromatic amines is 1. The van der Waals surface area contributed by atoms with Gasteiger partial charge in [0.1, 0.15) is 5.69 Å². The van der Waals surface area contributed by atoms with Gasteiger partial charge in [0, 0.05) is 11.1 Å². The minimum Gasteiger partial charge on any atom is -0.454 e. The largest absolute Gasteiger partial charge is 0.454 e. The van der Waals surface area contributed by atoms with Crippen LogP contribution in [-0.4, -0.2) is 28.8 Å². The third-order valence-corrected chi connectivity index (χ3v) is 4.15. The van der Waals surface area contributed by atoms with Crippen LogP contribution in [0.1, 0.15) is 20.8 Å². The molecule has 1 aliphatic heterocycles. The molecular weight excluding hydrogens is 372 g/mol. The number of H-pyrrole nitrogens is 1. The normalized spacial score (nSPS) is 11.9. The Morgan fingerprint density at radius 2 is 1.81 bits per heavy atom. The Labute approximate surface area is 158 Å². The van der Waals surface area contributed by atoms with Crippen LogP contribution in [0.5, 0.6) is 11.5 Å². The van der Waals surface area contributed by atoms with Crippen LogP contribution in [0.25, 0.3) is 11.3 Å². The van der Waals surface area contributed by atoms with Gasteiger partial charge in [-0.3, -0.25) is 25.5 Å². The van der Waals surface area contributed by atoms with E-state index in [9.17, 15) is 9.59 Å². The smallest absolute Gasteiger partial charge is 0.287 e. The van der Waals surface area contributed by atoms with E-state index in [0.717, 1.165) is 5.56 Å². The summed E-state index contributed by atoms with van der Waals surface area (Å²) in [4.78, 5) is 24.5. The Bertz CT molecular complexity index is 1020. The molecule has 0 radical (unpaired) electrons. The number of carbonyl (C=O) groups is 2. The van der Waals surface area contributed by atoms with E-state index >= 15 is 0 Å². The molecule has 2 amide bonds. The van der Waals surface area contributed by atoms with Crippen molar-refractivity contribution in [1.82, 2.24) is 21.0 Å². The van der Waals surface area contributed by atoms with Crippen LogP contribution in [0.3, 0.4) is 0 Å². The number of nitrogens with one attached hydrogen (secondary N) is 3. The second-order valence-corrected chi connectivity index (χ2v) is 6.04. The lowest BCUT2D eigenvalue weighted by molar-refractivity contribution is 0.0844. The van der Waals surface area contributed by atoms with Crippen LogP contribution >= 0.6 is 11.6 Å². The standard InChI is InChI=1S/C18H13ClN4O4/c19-12-6-11(7-15-16(12)27-9-26-15)17(24)22-23-18(25)14-8-13(20-21-14)10-4-2-1-3-5-10/h1-8H,9H2,(H,20,21)(H,22,24)(H,23,25). The fraction of sp³-hybridized carbons (Fsp3) is 0.0556. The predicted molar refractivity (Wildman–Crippen MR) is 96.5 cm³/mol. The number of rotatable bonds is 3. The van der Waals surface area contributed by atoms with E-state index < -0.39 is 11.8 Å². The SMILES string of the molecule is O=C(NNC(=O)c1cc(-c2ccccc2)n[nH]1)c1cc(Cl)c2c(c1)OCO2. The first-order valence-electron chi connectivity index (χ1n) is 7.92. The van der Waals surface area contributed by atoms with Crippen LogP contribution in [0.2, 0.25) is 5.02 Å². The van der Waals surface area contributed by atoms with Crippen LogP contribution in [-0.2, 0) is 0 Å². The summed E-state index contributed by atoms with van der Waals surface area (Å²) in [5, 5.41) is 6.99. The summed E-state index contributed by atoms with van der Waals surface area (Å²) < 4.78 is 10.4. The van der Waals surface area contributed by atoms with Crippen molar-refractivity contribution in [2.75, 3.05) is 6.79 Å². The van der Waals surface area contributed by atoms with Gasteiger partial charge in [-0.2, -0.15) is 5.10 Å². The van der Waals surface area contributed by atoms with Crippen molar-refractivity contribution in [3.05, 3.63) is 64.8 Å². The lowest BCUT2D eigenvalue weighted by Gasteiger charge is -2.07. The molecule has 4 rings (SSSR count). The summed E-state index contributed by atoms with van der Waals surface area (Å²) in [6, 6.07) is 13.9. The first-order valence-corrected chi connectivity index (χ1v) is 8.30. The Morgan fingerprint density at radius 1 is 1.04 bits per heavy atom. The van der Waals surface area contributed by atoms with Crippen molar-refractivity contribution in [3.63, 3.8) is 0 Å². The van der Waals surface area contributed by atoms with Gasteiger partial charge in [-0.05, 0) is 18.2 Å². The quantitative estimate of drug-likeness (QED) is 0.602. The molecule has 136 valence electrons. The molecule has 9 heteroatoms. The van der Waals surface area contributed by atoms with Gasteiger partial charge in [0.2, 0.25) is 6.79 Å². The second-order valence-electron chi connectivity index (χ2n) is 5.63. The van der Waals surface area contributed by atoms with Gasteiger partial charge in [0.15, 0.2) is 11.5 Å². The Balaban J connectivity index is 1.42. The number of carbonyl (C=O) groups excluding carboxylic acids is 2. The molecule has 0 atom stereocenters. The summed E-state index contributed by atoms with van der Waals surface area (Å²) in [5.74, 6) is -0.320. The number of ether oxygens (including phenoxy) is 2. The van der Waals surface area contributed by atoms with Crippen molar-refractivity contribution in [1.29, 1.82) is 0 Å². The first kappa shape index (κ1) is 16.9. The average molecular weight is 385 g/mol. The summed E-state index contributed by atoms with van der Waals surface area (Å²) in [6.07, 6.45) is 0. The number of fused-ring (bicyclic) bond motifs is 1. The first-order chi connectivity index (χ1) is 13.1. The van der Waals surface area contributed by atoms with E-state index in [4.69, 9.17) is 21.1 Å². The van der Waals surface area contributed by atoms with Gasteiger partial charge in [-0.25, -0.2) is 0 Å². The molecule has 0 spiro atoms. The fourth-order valence-corrected chi connectivity index (χ4v) is 2.81. The highest BCUT2D eigenvalue weighted by molar-refractivity contribution is 6.32. The van der Waals surface area contributed by atoms with Crippen molar-refractivity contribution >= 4 is 23.4 Å². The molecule has 0 bridgehead atoms. The van der Waals surface area contributed by atoms with E-state index in [1.54, 1.807) is 6.07 Å². The third kappa shape index (κ3) is 3.42. The van der Waals surface area contributed by atoms with Crippen molar-refractivity contribution in [2.45, 2.75) is 0 Å². The lowest BCUT2D eigenvalue weighted by atomic mass is 10.1. The zero-order chi connectivity index (χ0) is 18.8. The highest BCUT2D eigenvalue weighted by atomic mass is 35.5. The molecule has 3 aromatic rings. The molecule has 0 saturated heterocycles. The molecule has 0 aliphatic carbocycles. The number of nitrogens with zero attached hydrogens (tertiary/aromatic N) is 1. The predicted octanol–water partition coefficient (Wildman–Crippen LogP) is 2.53. The molecule has 0 unspecified atom stereocenters. The second kappa shape index (κ2) is 7.00. The number of amides is 2. The van der Waals surface area contributed by atoms with E-state index in [1.807, 2.05) is 30.3 Å². The Hall–Kier alpha value is -3.52. The molecule has 2 heterocycles.